The zero-order valence-corrected chi connectivity index (χ0v) is 21.1. The molecule has 0 aliphatic heterocycles. The topological polar surface area (TPSA) is 100 Å². The molecule has 0 saturated carbocycles. The molecule has 37 heavy (non-hydrogen) atoms. The van der Waals surface area contributed by atoms with Crippen molar-refractivity contribution in [1.29, 1.82) is 5.41 Å². The van der Waals surface area contributed by atoms with Crippen LogP contribution in [0.25, 0.3) is 0 Å². The number of ether oxygens (including phenoxy) is 1. The monoisotopic (exact) mass is 492 g/mol. The van der Waals surface area contributed by atoms with Crippen molar-refractivity contribution >= 4 is 17.4 Å². The number of nitrogens with one attached hydrogen (secondary N) is 3. The summed E-state index contributed by atoms with van der Waals surface area (Å²) < 4.78 is 6.16. The molecule has 0 heterocycles. The van der Waals surface area contributed by atoms with Crippen LogP contribution in [0.15, 0.2) is 97.1 Å². The average molecular weight is 493 g/mol. The Morgan fingerprint density at radius 1 is 0.865 bits per heavy atom. The Labute approximate surface area is 218 Å². The third-order valence-corrected chi connectivity index (χ3v) is 6.12. The van der Waals surface area contributed by atoms with E-state index < -0.39 is 6.04 Å². The zero-order chi connectivity index (χ0) is 26.2. The molecule has 0 aliphatic rings. The van der Waals surface area contributed by atoms with Gasteiger partial charge in [0, 0.05) is 17.8 Å². The number of amidine groups is 1. The molecule has 6 nitrogen and oxygen atoms in total. The van der Waals surface area contributed by atoms with Gasteiger partial charge in [0.15, 0.2) is 0 Å². The van der Waals surface area contributed by atoms with Gasteiger partial charge in [-0.05, 0) is 78.1 Å². The van der Waals surface area contributed by atoms with E-state index >= 15 is 0 Å². The first kappa shape index (κ1) is 25.5. The summed E-state index contributed by atoms with van der Waals surface area (Å²) in [5.41, 5.74) is 11.9. The largest absolute Gasteiger partial charge is 0.488 e. The fourth-order valence-corrected chi connectivity index (χ4v) is 4.21. The van der Waals surface area contributed by atoms with Crippen LogP contribution in [0.3, 0.4) is 0 Å². The van der Waals surface area contributed by atoms with E-state index in [1.54, 1.807) is 12.1 Å². The Hall–Kier alpha value is -4.58. The molecule has 6 heteroatoms. The highest BCUT2D eigenvalue weighted by Gasteiger charge is 2.22. The second-order valence-corrected chi connectivity index (χ2v) is 9.03. The van der Waals surface area contributed by atoms with Gasteiger partial charge < -0.3 is 21.1 Å². The van der Waals surface area contributed by atoms with Crippen molar-refractivity contribution in [3.05, 3.63) is 130 Å². The summed E-state index contributed by atoms with van der Waals surface area (Å²) in [6.45, 7) is 4.90. The van der Waals surface area contributed by atoms with E-state index in [1.807, 2.05) is 98.8 Å². The van der Waals surface area contributed by atoms with Crippen LogP contribution < -0.4 is 21.1 Å². The first-order chi connectivity index (χ1) is 17.9. The number of carbonyl (C=O) groups is 1. The molecule has 0 aromatic heterocycles. The summed E-state index contributed by atoms with van der Waals surface area (Å²) in [7, 11) is 0. The standard InChI is InChI=1S/C31H32N4O2/c1-21-17-26(18-22(2)29(21)37-20-24-11-7-4-8-12-24)28(31(36)34-19-23-9-5-3-6-10-23)35-27-15-13-25(14-16-27)30(32)33/h3-18,28,35H,19-20H2,1-2H3,(H3,32,33)(H,34,36)/t28-/m0/s1. The molecular formula is C31H32N4O2. The summed E-state index contributed by atoms with van der Waals surface area (Å²) in [6, 6.07) is 30.4. The molecule has 0 radical (unpaired) electrons. The fourth-order valence-electron chi connectivity index (χ4n) is 4.21. The van der Waals surface area contributed by atoms with Gasteiger partial charge in [0.05, 0.1) is 0 Å². The fraction of sp³-hybridized carbons (Fsp3) is 0.161. The molecule has 1 atom stereocenters. The van der Waals surface area contributed by atoms with Crippen molar-refractivity contribution in [3.63, 3.8) is 0 Å². The summed E-state index contributed by atoms with van der Waals surface area (Å²) >= 11 is 0. The number of rotatable bonds is 10. The summed E-state index contributed by atoms with van der Waals surface area (Å²) in [5, 5.41) is 14.1. The molecule has 0 aliphatic carbocycles. The predicted molar refractivity (Wildman–Crippen MR) is 149 cm³/mol. The van der Waals surface area contributed by atoms with Crippen LogP contribution in [-0.2, 0) is 17.9 Å². The van der Waals surface area contributed by atoms with Gasteiger partial charge in [0.1, 0.15) is 24.2 Å². The number of nitrogen functional groups attached to an aromatic ring is 1. The van der Waals surface area contributed by atoms with E-state index in [-0.39, 0.29) is 11.7 Å². The SMILES string of the molecule is Cc1cc([C@H](Nc2ccc(C(=N)N)cc2)C(=O)NCc2ccccc2)cc(C)c1OCc1ccccc1. The number of benzene rings is 4. The van der Waals surface area contributed by atoms with Crippen LogP contribution >= 0.6 is 0 Å². The Bertz CT molecular complexity index is 1330. The van der Waals surface area contributed by atoms with Crippen LogP contribution in [0, 0.1) is 19.3 Å². The lowest BCUT2D eigenvalue weighted by Crippen LogP contribution is -2.33. The van der Waals surface area contributed by atoms with E-state index in [2.05, 4.69) is 10.6 Å². The highest BCUT2D eigenvalue weighted by molar-refractivity contribution is 5.95. The lowest BCUT2D eigenvalue weighted by atomic mass is 9.99. The molecule has 0 bridgehead atoms. The molecule has 4 rings (SSSR count). The minimum atomic E-state index is -0.632. The van der Waals surface area contributed by atoms with Gasteiger partial charge >= 0.3 is 0 Å². The summed E-state index contributed by atoms with van der Waals surface area (Å²) in [4.78, 5) is 13.5. The van der Waals surface area contributed by atoms with Crippen molar-refractivity contribution in [2.75, 3.05) is 5.32 Å². The Morgan fingerprint density at radius 3 is 2.00 bits per heavy atom. The van der Waals surface area contributed by atoms with Crippen LogP contribution in [0.1, 0.15) is 39.4 Å². The lowest BCUT2D eigenvalue weighted by Gasteiger charge is -2.22. The number of aryl methyl sites for hydroxylation is 2. The number of carbonyl (C=O) groups excluding carboxylic acids is 1. The summed E-state index contributed by atoms with van der Waals surface area (Å²) in [5.74, 6) is 0.680. The maximum absolute atomic E-state index is 13.5. The van der Waals surface area contributed by atoms with Crippen LogP contribution in [0.4, 0.5) is 5.69 Å². The second kappa shape index (κ2) is 11.9. The van der Waals surface area contributed by atoms with Gasteiger partial charge in [-0.15, -0.1) is 0 Å². The molecule has 188 valence electrons. The van der Waals surface area contributed by atoms with Gasteiger partial charge in [0.2, 0.25) is 5.91 Å². The number of amides is 1. The first-order valence-electron chi connectivity index (χ1n) is 12.2. The van der Waals surface area contributed by atoms with Crippen LogP contribution in [0.2, 0.25) is 0 Å². The Kier molecular flexibility index (Phi) is 8.21. The number of nitrogens with two attached hydrogens (primary N) is 1. The van der Waals surface area contributed by atoms with E-state index in [9.17, 15) is 4.79 Å². The third-order valence-electron chi connectivity index (χ3n) is 6.12. The number of anilines is 1. The molecule has 4 aromatic rings. The first-order valence-corrected chi connectivity index (χ1v) is 12.2. The van der Waals surface area contributed by atoms with E-state index in [1.165, 1.54) is 0 Å². The zero-order valence-electron chi connectivity index (χ0n) is 21.1. The van der Waals surface area contributed by atoms with Crippen molar-refractivity contribution in [3.8, 4) is 5.75 Å². The van der Waals surface area contributed by atoms with Gasteiger partial charge in [-0.25, -0.2) is 0 Å². The summed E-state index contributed by atoms with van der Waals surface area (Å²) in [6.07, 6.45) is 0. The Balaban J connectivity index is 1.58. The maximum atomic E-state index is 13.5. The van der Waals surface area contributed by atoms with E-state index in [0.717, 1.165) is 39.3 Å². The number of hydrogen-bond donors (Lipinski definition) is 4. The molecule has 5 N–H and O–H groups in total. The maximum Gasteiger partial charge on any atom is 0.247 e. The second-order valence-electron chi connectivity index (χ2n) is 9.03. The minimum Gasteiger partial charge on any atom is -0.488 e. The molecule has 0 saturated heterocycles. The quantitative estimate of drug-likeness (QED) is 0.170. The normalized spacial score (nSPS) is 11.4. The van der Waals surface area contributed by atoms with Crippen molar-refractivity contribution in [1.82, 2.24) is 5.32 Å². The molecule has 1 amide bonds. The van der Waals surface area contributed by atoms with Gasteiger partial charge in [-0.3, -0.25) is 10.2 Å². The minimum absolute atomic E-state index is 0.000968. The van der Waals surface area contributed by atoms with Gasteiger partial charge in [0.25, 0.3) is 0 Å². The molecule has 0 fully saturated rings. The van der Waals surface area contributed by atoms with Crippen molar-refractivity contribution in [2.24, 2.45) is 5.73 Å². The van der Waals surface area contributed by atoms with Crippen molar-refractivity contribution in [2.45, 2.75) is 33.0 Å². The van der Waals surface area contributed by atoms with Gasteiger partial charge in [-0.1, -0.05) is 60.7 Å². The van der Waals surface area contributed by atoms with E-state index in [4.69, 9.17) is 15.9 Å². The molecule has 0 unspecified atom stereocenters. The average Bonchev–Trinajstić information content (AvgIpc) is 2.91. The third kappa shape index (κ3) is 6.76. The highest BCUT2D eigenvalue weighted by Crippen LogP contribution is 2.30. The van der Waals surface area contributed by atoms with Crippen LogP contribution in [-0.4, -0.2) is 11.7 Å². The molecule has 0 spiro atoms. The predicted octanol–water partition coefficient (Wildman–Crippen LogP) is 5.64. The Morgan fingerprint density at radius 2 is 1.43 bits per heavy atom. The lowest BCUT2D eigenvalue weighted by molar-refractivity contribution is -0.122. The van der Waals surface area contributed by atoms with Crippen molar-refractivity contribution < 1.29 is 9.53 Å². The molecular weight excluding hydrogens is 460 g/mol. The molecule has 4 aromatic carbocycles. The highest BCUT2D eigenvalue weighted by atomic mass is 16.5. The smallest absolute Gasteiger partial charge is 0.247 e. The van der Waals surface area contributed by atoms with Gasteiger partial charge in [-0.2, -0.15) is 0 Å². The van der Waals surface area contributed by atoms with Crippen LogP contribution in [0.5, 0.6) is 5.75 Å². The number of hydrogen-bond acceptors (Lipinski definition) is 4. The van der Waals surface area contributed by atoms with E-state index in [0.29, 0.717) is 18.7 Å².